The number of anilines is 1. The number of rotatable bonds is 2. The monoisotopic (exact) mass is 258 g/mol. The molecule has 1 aromatic rings. The number of carbonyl (C=O) groups is 1. The van der Waals surface area contributed by atoms with Gasteiger partial charge in [-0.15, -0.1) is 0 Å². The van der Waals surface area contributed by atoms with Crippen molar-refractivity contribution in [1.82, 2.24) is 0 Å². The highest BCUT2D eigenvalue weighted by atomic mass is 16.5. The number of hydrogen-bond acceptors (Lipinski definition) is 3. The molecule has 1 aromatic carbocycles. The molecule has 1 unspecified atom stereocenters. The minimum Gasteiger partial charge on any atom is -0.495 e. The summed E-state index contributed by atoms with van der Waals surface area (Å²) in [5, 5.41) is 9.21. The molecule has 2 rings (SSSR count). The van der Waals surface area contributed by atoms with Crippen LogP contribution in [0.25, 0.3) is 0 Å². The Morgan fingerprint density at radius 2 is 2.16 bits per heavy atom. The van der Waals surface area contributed by atoms with E-state index in [9.17, 15) is 10.1 Å². The van der Waals surface area contributed by atoms with Gasteiger partial charge in [0.05, 0.1) is 30.3 Å². The number of aryl methyl sites for hydroxylation is 1. The third kappa shape index (κ3) is 2.06. The van der Waals surface area contributed by atoms with Gasteiger partial charge in [0.25, 0.3) is 0 Å². The van der Waals surface area contributed by atoms with E-state index in [1.54, 1.807) is 12.0 Å². The maximum absolute atomic E-state index is 12.3. The van der Waals surface area contributed by atoms with Crippen LogP contribution in [0.1, 0.15) is 25.8 Å². The molecule has 0 N–H and O–H groups in total. The zero-order valence-corrected chi connectivity index (χ0v) is 11.7. The molecule has 0 bridgehead atoms. The van der Waals surface area contributed by atoms with E-state index in [0.717, 1.165) is 11.3 Å². The molecule has 4 nitrogen and oxygen atoms in total. The van der Waals surface area contributed by atoms with Gasteiger partial charge in [-0.1, -0.05) is 6.07 Å². The second-order valence-corrected chi connectivity index (χ2v) is 5.44. The van der Waals surface area contributed by atoms with Crippen molar-refractivity contribution in [2.75, 3.05) is 12.0 Å². The molecule has 0 aliphatic carbocycles. The highest BCUT2D eigenvalue weighted by Crippen LogP contribution is 2.42. The van der Waals surface area contributed by atoms with Crippen LogP contribution in [0.4, 0.5) is 5.69 Å². The van der Waals surface area contributed by atoms with Gasteiger partial charge in [-0.25, -0.2) is 0 Å². The quantitative estimate of drug-likeness (QED) is 0.819. The van der Waals surface area contributed by atoms with Crippen LogP contribution >= 0.6 is 0 Å². The van der Waals surface area contributed by atoms with Crippen molar-refractivity contribution < 1.29 is 9.53 Å². The van der Waals surface area contributed by atoms with Gasteiger partial charge < -0.3 is 9.64 Å². The van der Waals surface area contributed by atoms with Crippen molar-refractivity contribution in [3.05, 3.63) is 23.8 Å². The summed E-state index contributed by atoms with van der Waals surface area (Å²) in [5.41, 5.74) is 1.28. The van der Waals surface area contributed by atoms with E-state index in [-0.39, 0.29) is 18.2 Å². The SMILES string of the molecule is COc1ccc(C)cc1N1C(=O)CC(C#N)C1(C)C. The molecule has 100 valence electrons. The van der Waals surface area contributed by atoms with E-state index in [0.29, 0.717) is 5.75 Å². The zero-order valence-electron chi connectivity index (χ0n) is 11.7. The largest absolute Gasteiger partial charge is 0.495 e. The van der Waals surface area contributed by atoms with Crippen LogP contribution in [0.5, 0.6) is 5.75 Å². The van der Waals surface area contributed by atoms with Crippen molar-refractivity contribution in [3.8, 4) is 11.8 Å². The molecule has 1 aliphatic rings. The number of carbonyl (C=O) groups excluding carboxylic acids is 1. The summed E-state index contributed by atoms with van der Waals surface area (Å²) in [5.74, 6) is 0.330. The molecule has 1 saturated heterocycles. The Labute approximate surface area is 113 Å². The number of methoxy groups -OCH3 is 1. The van der Waals surface area contributed by atoms with Gasteiger partial charge >= 0.3 is 0 Å². The zero-order chi connectivity index (χ0) is 14.2. The maximum Gasteiger partial charge on any atom is 0.229 e. The van der Waals surface area contributed by atoms with Crippen molar-refractivity contribution in [2.24, 2.45) is 5.92 Å². The fourth-order valence-corrected chi connectivity index (χ4v) is 2.62. The summed E-state index contributed by atoms with van der Waals surface area (Å²) >= 11 is 0. The van der Waals surface area contributed by atoms with Crippen LogP contribution in [0.15, 0.2) is 18.2 Å². The Morgan fingerprint density at radius 1 is 1.47 bits per heavy atom. The Hall–Kier alpha value is -2.02. The van der Waals surface area contributed by atoms with Crippen molar-refractivity contribution in [2.45, 2.75) is 32.7 Å². The number of ether oxygens (including phenoxy) is 1. The van der Waals surface area contributed by atoms with E-state index >= 15 is 0 Å². The first-order valence-electron chi connectivity index (χ1n) is 6.29. The van der Waals surface area contributed by atoms with E-state index in [1.807, 2.05) is 39.0 Å². The first-order chi connectivity index (χ1) is 8.91. The molecule has 0 radical (unpaired) electrons. The average Bonchev–Trinajstić information content (AvgIpc) is 2.58. The van der Waals surface area contributed by atoms with E-state index in [4.69, 9.17) is 4.74 Å². The van der Waals surface area contributed by atoms with Crippen LogP contribution in [0.2, 0.25) is 0 Å². The summed E-state index contributed by atoms with van der Waals surface area (Å²) < 4.78 is 5.35. The van der Waals surface area contributed by atoms with Crippen LogP contribution in [-0.4, -0.2) is 18.6 Å². The predicted molar refractivity (Wildman–Crippen MR) is 73.0 cm³/mol. The average molecular weight is 258 g/mol. The molecule has 4 heteroatoms. The molecule has 1 atom stereocenters. The Balaban J connectivity index is 2.55. The maximum atomic E-state index is 12.3. The molecule has 19 heavy (non-hydrogen) atoms. The highest BCUT2D eigenvalue weighted by Gasteiger charge is 2.48. The topological polar surface area (TPSA) is 53.3 Å². The molecule has 1 fully saturated rings. The van der Waals surface area contributed by atoms with Gasteiger partial charge in [-0.2, -0.15) is 5.26 Å². The summed E-state index contributed by atoms with van der Waals surface area (Å²) in [4.78, 5) is 14.0. The summed E-state index contributed by atoms with van der Waals surface area (Å²) in [6, 6.07) is 7.96. The van der Waals surface area contributed by atoms with Gasteiger partial charge in [0.2, 0.25) is 5.91 Å². The highest BCUT2D eigenvalue weighted by molar-refractivity contribution is 5.99. The fraction of sp³-hybridized carbons (Fsp3) is 0.467. The third-order valence-corrected chi connectivity index (χ3v) is 3.79. The normalized spacial score (nSPS) is 21.3. The lowest BCUT2D eigenvalue weighted by molar-refractivity contribution is -0.117. The number of hydrogen-bond donors (Lipinski definition) is 0. The summed E-state index contributed by atoms with van der Waals surface area (Å²) in [6.07, 6.45) is 0.264. The van der Waals surface area contributed by atoms with Crippen LogP contribution in [-0.2, 0) is 4.79 Å². The minimum atomic E-state index is -0.521. The Bertz CT molecular complexity index is 558. The number of nitriles is 1. The second kappa shape index (κ2) is 4.58. The lowest BCUT2D eigenvalue weighted by Crippen LogP contribution is -2.44. The first kappa shape index (κ1) is 13.4. The molecular formula is C15H18N2O2. The summed E-state index contributed by atoms with van der Waals surface area (Å²) in [7, 11) is 1.59. The minimum absolute atomic E-state index is 0.0274. The molecule has 1 amide bonds. The molecule has 1 heterocycles. The number of nitrogens with zero attached hydrogens (tertiary/aromatic N) is 2. The molecule has 0 saturated carbocycles. The third-order valence-electron chi connectivity index (χ3n) is 3.79. The fourth-order valence-electron chi connectivity index (χ4n) is 2.62. The molecular weight excluding hydrogens is 240 g/mol. The van der Waals surface area contributed by atoms with Gasteiger partial charge in [0.1, 0.15) is 5.75 Å². The molecule has 0 aromatic heterocycles. The van der Waals surface area contributed by atoms with Crippen molar-refractivity contribution >= 4 is 11.6 Å². The predicted octanol–water partition coefficient (Wildman–Crippen LogP) is 2.66. The van der Waals surface area contributed by atoms with E-state index in [2.05, 4.69) is 6.07 Å². The molecule has 1 aliphatic heterocycles. The van der Waals surface area contributed by atoms with E-state index in [1.165, 1.54) is 0 Å². The van der Waals surface area contributed by atoms with Gasteiger partial charge in [-0.3, -0.25) is 4.79 Å². The standard InChI is InChI=1S/C15H18N2O2/c1-10-5-6-13(19-4)12(7-10)17-14(18)8-11(9-16)15(17,2)3/h5-7,11H,8H2,1-4H3. The van der Waals surface area contributed by atoms with Gasteiger partial charge in [0, 0.05) is 6.42 Å². The van der Waals surface area contributed by atoms with Gasteiger partial charge in [-0.05, 0) is 38.5 Å². The van der Waals surface area contributed by atoms with E-state index < -0.39 is 5.54 Å². The van der Waals surface area contributed by atoms with Crippen LogP contribution in [0.3, 0.4) is 0 Å². The van der Waals surface area contributed by atoms with Crippen LogP contribution in [0, 0.1) is 24.2 Å². The Kier molecular flexibility index (Phi) is 3.23. The second-order valence-electron chi connectivity index (χ2n) is 5.44. The van der Waals surface area contributed by atoms with Crippen molar-refractivity contribution in [1.29, 1.82) is 5.26 Å². The first-order valence-corrected chi connectivity index (χ1v) is 6.29. The van der Waals surface area contributed by atoms with Crippen LogP contribution < -0.4 is 9.64 Å². The summed E-state index contributed by atoms with van der Waals surface area (Å²) in [6.45, 7) is 5.82. The smallest absolute Gasteiger partial charge is 0.229 e. The van der Waals surface area contributed by atoms with Crippen molar-refractivity contribution in [3.63, 3.8) is 0 Å². The number of amides is 1. The number of benzene rings is 1. The molecule has 0 spiro atoms. The lowest BCUT2D eigenvalue weighted by Gasteiger charge is -2.34. The lowest BCUT2D eigenvalue weighted by atomic mass is 9.89. The Morgan fingerprint density at radius 3 is 2.68 bits per heavy atom. The van der Waals surface area contributed by atoms with Gasteiger partial charge in [0.15, 0.2) is 0 Å².